The monoisotopic (exact) mass is 382 g/mol. The lowest BCUT2D eigenvalue weighted by Crippen LogP contribution is -2.26. The molecule has 28 heavy (non-hydrogen) atoms. The van der Waals surface area contributed by atoms with E-state index >= 15 is 0 Å². The van der Waals surface area contributed by atoms with Crippen molar-refractivity contribution in [2.45, 2.75) is 52.6 Å². The van der Waals surface area contributed by atoms with Gasteiger partial charge < -0.3 is 9.47 Å². The van der Waals surface area contributed by atoms with Crippen molar-refractivity contribution in [3.63, 3.8) is 0 Å². The minimum Gasteiger partial charge on any atom is -0.464 e. The molecule has 1 unspecified atom stereocenters. The summed E-state index contributed by atoms with van der Waals surface area (Å²) in [7, 11) is 0. The van der Waals surface area contributed by atoms with E-state index < -0.39 is 6.10 Å². The Balaban J connectivity index is 1.82. The first-order valence-electron chi connectivity index (χ1n) is 10.4. The number of esters is 1. The predicted octanol–water partition coefficient (Wildman–Crippen LogP) is 5.87. The van der Waals surface area contributed by atoms with Crippen LogP contribution in [0.1, 0.15) is 46.5 Å². The third-order valence-corrected chi connectivity index (χ3v) is 4.89. The van der Waals surface area contributed by atoms with Gasteiger partial charge in [0.2, 0.25) is 0 Å². The van der Waals surface area contributed by atoms with E-state index in [0.717, 1.165) is 19.3 Å². The summed E-state index contributed by atoms with van der Waals surface area (Å²) in [6, 6.07) is 0. The van der Waals surface area contributed by atoms with E-state index in [2.05, 4.69) is 73.8 Å². The Bertz CT molecular complexity index is 648. The Kier molecular flexibility index (Phi) is 8.72. The maximum absolute atomic E-state index is 11.9. The third kappa shape index (κ3) is 6.79. The molecule has 0 aromatic carbocycles. The zero-order chi connectivity index (χ0) is 20.3. The fourth-order valence-electron chi connectivity index (χ4n) is 3.21. The molecule has 0 amide bonds. The van der Waals surface area contributed by atoms with Crippen LogP contribution in [-0.4, -0.2) is 25.3 Å². The van der Waals surface area contributed by atoms with Gasteiger partial charge in [0.05, 0.1) is 6.61 Å². The van der Waals surface area contributed by atoms with Gasteiger partial charge in [-0.05, 0) is 33.1 Å². The first-order valence-corrected chi connectivity index (χ1v) is 10.4. The van der Waals surface area contributed by atoms with Crippen LogP contribution >= 0.6 is 0 Å². The van der Waals surface area contributed by atoms with E-state index in [0.29, 0.717) is 19.6 Å². The van der Waals surface area contributed by atoms with Gasteiger partial charge in [-0.15, -0.1) is 0 Å². The van der Waals surface area contributed by atoms with Gasteiger partial charge in [-0.3, -0.25) is 0 Å². The van der Waals surface area contributed by atoms with Gasteiger partial charge in [0.15, 0.2) is 6.10 Å². The second kappa shape index (κ2) is 11.0. The molecule has 0 aliphatic heterocycles. The maximum Gasteiger partial charge on any atom is 0.335 e. The number of allylic oxidation sites excluding steroid dienone is 11. The van der Waals surface area contributed by atoms with Gasteiger partial charge in [0, 0.05) is 23.9 Å². The maximum atomic E-state index is 11.9. The number of rotatable bonds is 10. The van der Waals surface area contributed by atoms with E-state index in [-0.39, 0.29) is 16.8 Å². The fraction of sp³-hybridized carbons (Fsp3) is 0.480. The van der Waals surface area contributed by atoms with Crippen LogP contribution in [0.5, 0.6) is 0 Å². The van der Waals surface area contributed by atoms with Gasteiger partial charge in [-0.2, -0.15) is 0 Å². The molecule has 2 aliphatic rings. The Hall–Kier alpha value is -2.13. The molecule has 1 atom stereocenters. The molecule has 0 bridgehead atoms. The van der Waals surface area contributed by atoms with Crippen molar-refractivity contribution in [2.24, 2.45) is 10.8 Å². The largest absolute Gasteiger partial charge is 0.464 e. The summed E-state index contributed by atoms with van der Waals surface area (Å²) in [6.45, 7) is 7.00. The number of hydrogen-bond acceptors (Lipinski definition) is 3. The molecule has 0 aromatic rings. The van der Waals surface area contributed by atoms with Gasteiger partial charge in [-0.1, -0.05) is 79.8 Å². The molecule has 0 N–H and O–H groups in total. The predicted molar refractivity (Wildman–Crippen MR) is 116 cm³/mol. The van der Waals surface area contributed by atoms with Crippen LogP contribution in [0, 0.1) is 10.8 Å². The third-order valence-electron chi connectivity index (χ3n) is 4.89. The molecule has 0 fully saturated rings. The van der Waals surface area contributed by atoms with Gasteiger partial charge in [-0.25, -0.2) is 4.79 Å². The fourth-order valence-corrected chi connectivity index (χ4v) is 3.21. The molecule has 152 valence electrons. The highest BCUT2D eigenvalue weighted by Gasteiger charge is 2.26. The van der Waals surface area contributed by atoms with Gasteiger partial charge >= 0.3 is 5.97 Å². The molecule has 0 saturated carbocycles. The standard InChI is InChI=1S/C25H34O3/c1-4-21-28-22(23(26)27-5-2)13-9-6-7-10-14-24(3)17-19-25(20-18-24)15-11-8-12-16-25/h6,9-12,14-20,22H,4-5,7-8,13,21H2,1-3H3/b9-6+,14-10-. The highest BCUT2D eigenvalue weighted by Crippen LogP contribution is 2.38. The summed E-state index contributed by atoms with van der Waals surface area (Å²) in [5, 5.41) is 0. The number of ether oxygens (including phenoxy) is 2. The Morgan fingerprint density at radius 1 is 1.04 bits per heavy atom. The lowest BCUT2D eigenvalue weighted by atomic mass is 9.74. The van der Waals surface area contributed by atoms with E-state index in [4.69, 9.17) is 9.47 Å². The van der Waals surface area contributed by atoms with Crippen LogP contribution in [0.3, 0.4) is 0 Å². The second-order valence-corrected chi connectivity index (χ2v) is 7.53. The van der Waals surface area contributed by atoms with Crippen molar-refractivity contribution < 1.29 is 14.3 Å². The average molecular weight is 383 g/mol. The van der Waals surface area contributed by atoms with Crippen molar-refractivity contribution in [1.82, 2.24) is 0 Å². The van der Waals surface area contributed by atoms with Crippen LogP contribution in [0.4, 0.5) is 0 Å². The van der Waals surface area contributed by atoms with Crippen LogP contribution in [-0.2, 0) is 14.3 Å². The van der Waals surface area contributed by atoms with E-state index in [9.17, 15) is 4.79 Å². The number of carbonyl (C=O) groups is 1. The highest BCUT2D eigenvalue weighted by molar-refractivity contribution is 5.74. The molecule has 2 rings (SSSR count). The summed E-state index contributed by atoms with van der Waals surface area (Å²) in [5.41, 5.74) is -0.0952. The molecule has 3 nitrogen and oxygen atoms in total. The topological polar surface area (TPSA) is 35.5 Å². The van der Waals surface area contributed by atoms with Crippen molar-refractivity contribution in [2.75, 3.05) is 13.2 Å². The van der Waals surface area contributed by atoms with Crippen molar-refractivity contribution in [3.05, 3.63) is 72.9 Å². The van der Waals surface area contributed by atoms with Crippen LogP contribution in [0.2, 0.25) is 0 Å². The van der Waals surface area contributed by atoms with E-state index in [1.54, 1.807) is 0 Å². The van der Waals surface area contributed by atoms with Crippen molar-refractivity contribution in [1.29, 1.82) is 0 Å². The minimum absolute atomic E-state index is 0.0356. The highest BCUT2D eigenvalue weighted by atomic mass is 16.6. The molecular weight excluding hydrogens is 348 g/mol. The summed E-state index contributed by atoms with van der Waals surface area (Å²) in [4.78, 5) is 11.9. The second-order valence-electron chi connectivity index (χ2n) is 7.53. The lowest BCUT2D eigenvalue weighted by Gasteiger charge is -2.30. The van der Waals surface area contributed by atoms with Gasteiger partial charge in [0.25, 0.3) is 0 Å². The molecular formula is C25H34O3. The molecule has 1 spiro atoms. The smallest absolute Gasteiger partial charge is 0.335 e. The molecule has 0 heterocycles. The summed E-state index contributed by atoms with van der Waals surface area (Å²) >= 11 is 0. The molecule has 2 aliphatic carbocycles. The Labute approximate surface area is 170 Å². The summed E-state index contributed by atoms with van der Waals surface area (Å²) < 4.78 is 10.7. The molecule has 3 heteroatoms. The summed E-state index contributed by atoms with van der Waals surface area (Å²) in [6.07, 6.45) is 29.3. The van der Waals surface area contributed by atoms with Crippen LogP contribution < -0.4 is 0 Å². The Morgan fingerprint density at radius 2 is 1.75 bits per heavy atom. The van der Waals surface area contributed by atoms with E-state index in [1.165, 1.54) is 0 Å². The molecule has 0 radical (unpaired) electrons. The average Bonchev–Trinajstić information content (AvgIpc) is 2.70. The summed E-state index contributed by atoms with van der Waals surface area (Å²) in [5.74, 6) is -0.277. The molecule has 0 saturated heterocycles. The van der Waals surface area contributed by atoms with Crippen LogP contribution in [0.15, 0.2) is 72.9 Å². The number of carbonyl (C=O) groups excluding carboxylic acids is 1. The lowest BCUT2D eigenvalue weighted by molar-refractivity contribution is -0.156. The first-order chi connectivity index (χ1) is 13.5. The van der Waals surface area contributed by atoms with Gasteiger partial charge in [0.1, 0.15) is 0 Å². The normalized spacial score (nSPS) is 20.4. The Morgan fingerprint density at radius 3 is 2.39 bits per heavy atom. The molecule has 0 aromatic heterocycles. The van der Waals surface area contributed by atoms with E-state index in [1.807, 2.05) is 19.9 Å². The van der Waals surface area contributed by atoms with Crippen molar-refractivity contribution in [3.8, 4) is 0 Å². The zero-order valence-corrected chi connectivity index (χ0v) is 17.5. The van der Waals surface area contributed by atoms with Crippen molar-refractivity contribution >= 4 is 5.97 Å². The zero-order valence-electron chi connectivity index (χ0n) is 17.5. The quantitative estimate of drug-likeness (QED) is 0.350. The minimum atomic E-state index is -0.505. The number of hydrogen-bond donors (Lipinski definition) is 0. The first kappa shape index (κ1) is 22.2. The SMILES string of the molecule is CCCOC(C/C=C/C/C=C\C1(C)C=CC2(C=CCC=C2)C=C1)C(=O)OCC. The van der Waals surface area contributed by atoms with Crippen LogP contribution in [0.25, 0.3) is 0 Å².